The number of halogens is 1. The van der Waals surface area contributed by atoms with Crippen molar-refractivity contribution >= 4 is 29.3 Å². The van der Waals surface area contributed by atoms with Gasteiger partial charge in [0.05, 0.1) is 5.56 Å². The summed E-state index contributed by atoms with van der Waals surface area (Å²) in [4.78, 5) is 19.8. The van der Waals surface area contributed by atoms with Crippen LogP contribution in [0.2, 0.25) is 5.15 Å². The Hall–Kier alpha value is -0.810. The molecule has 0 aromatic carbocycles. The second kappa shape index (κ2) is 5.01. The Labute approximate surface area is 104 Å². The second-order valence-electron chi connectivity index (χ2n) is 4.27. The number of carbonyl (C=O) groups excluding carboxylic acids is 1. The third-order valence-corrected chi connectivity index (χ3v) is 2.49. The smallest absolute Gasteiger partial charge is 0.256 e. The van der Waals surface area contributed by atoms with Crippen LogP contribution in [0.3, 0.4) is 0 Å². The maximum Gasteiger partial charge on any atom is 0.256 e. The molecule has 0 aliphatic heterocycles. The predicted octanol–water partition coefficient (Wildman–Crippen LogP) is 2.38. The number of aromatic nitrogens is 2. The lowest BCUT2D eigenvalue weighted by Crippen LogP contribution is -2.40. The van der Waals surface area contributed by atoms with Gasteiger partial charge in [0.15, 0.2) is 5.16 Å². The molecule has 4 nitrogen and oxygen atoms in total. The van der Waals surface area contributed by atoms with Crippen molar-refractivity contribution in [2.24, 2.45) is 0 Å². The number of hydrogen-bond acceptors (Lipinski definition) is 4. The Bertz CT molecular complexity index is 404. The van der Waals surface area contributed by atoms with E-state index >= 15 is 0 Å². The lowest BCUT2D eigenvalue weighted by Gasteiger charge is -2.20. The van der Waals surface area contributed by atoms with Crippen LogP contribution in [-0.4, -0.2) is 27.7 Å². The molecule has 0 saturated heterocycles. The average Bonchev–Trinajstić information content (AvgIpc) is 2.14. The zero-order valence-electron chi connectivity index (χ0n) is 9.67. The van der Waals surface area contributed by atoms with E-state index < -0.39 is 0 Å². The summed E-state index contributed by atoms with van der Waals surface area (Å²) in [6.45, 7) is 5.70. The van der Waals surface area contributed by atoms with E-state index in [0.717, 1.165) is 0 Å². The van der Waals surface area contributed by atoms with E-state index in [1.165, 1.54) is 18.0 Å². The van der Waals surface area contributed by atoms with Crippen LogP contribution < -0.4 is 5.32 Å². The first-order valence-corrected chi connectivity index (χ1v) is 6.33. The van der Waals surface area contributed by atoms with Crippen LogP contribution >= 0.6 is 23.4 Å². The lowest BCUT2D eigenvalue weighted by molar-refractivity contribution is 0.0919. The molecule has 0 aliphatic carbocycles. The van der Waals surface area contributed by atoms with Crippen LogP contribution in [0.4, 0.5) is 0 Å². The molecule has 0 radical (unpaired) electrons. The van der Waals surface area contributed by atoms with E-state index in [0.29, 0.717) is 10.7 Å². The number of nitrogens with zero attached hydrogens (tertiary/aromatic N) is 2. The minimum atomic E-state index is -0.307. The van der Waals surface area contributed by atoms with Crippen LogP contribution in [0.5, 0.6) is 0 Å². The summed E-state index contributed by atoms with van der Waals surface area (Å²) in [5.41, 5.74) is -0.00659. The highest BCUT2D eigenvalue weighted by molar-refractivity contribution is 7.98. The number of thioether (sulfide) groups is 1. The topological polar surface area (TPSA) is 54.9 Å². The molecule has 0 saturated carbocycles. The largest absolute Gasteiger partial charge is 0.347 e. The average molecular weight is 260 g/mol. The van der Waals surface area contributed by atoms with Gasteiger partial charge in [-0.05, 0) is 27.0 Å². The summed E-state index contributed by atoms with van der Waals surface area (Å²) in [5, 5.41) is 3.54. The first-order chi connectivity index (χ1) is 7.33. The third-order valence-electron chi connectivity index (χ3n) is 1.64. The van der Waals surface area contributed by atoms with Gasteiger partial charge in [0.25, 0.3) is 5.91 Å². The molecule has 0 fully saturated rings. The van der Waals surface area contributed by atoms with E-state index in [2.05, 4.69) is 15.3 Å². The van der Waals surface area contributed by atoms with Gasteiger partial charge in [-0.3, -0.25) is 4.79 Å². The second-order valence-corrected chi connectivity index (χ2v) is 5.40. The van der Waals surface area contributed by atoms with Gasteiger partial charge in [0.2, 0.25) is 0 Å². The minimum absolute atomic E-state index is 0.182. The van der Waals surface area contributed by atoms with E-state index in [1.807, 2.05) is 27.0 Å². The van der Waals surface area contributed by atoms with Crippen molar-refractivity contribution in [3.63, 3.8) is 0 Å². The Kier molecular flexibility index (Phi) is 4.15. The molecule has 1 amide bonds. The number of hydrogen-bond donors (Lipinski definition) is 1. The van der Waals surface area contributed by atoms with Gasteiger partial charge < -0.3 is 5.32 Å². The summed E-state index contributed by atoms with van der Waals surface area (Å²) in [7, 11) is 0. The Morgan fingerprint density at radius 3 is 2.56 bits per heavy atom. The van der Waals surface area contributed by atoms with Gasteiger partial charge in [-0.25, -0.2) is 9.97 Å². The molecule has 1 rings (SSSR count). The van der Waals surface area contributed by atoms with Gasteiger partial charge >= 0.3 is 0 Å². The van der Waals surface area contributed by atoms with Crippen LogP contribution in [0.1, 0.15) is 31.1 Å². The van der Waals surface area contributed by atoms with Gasteiger partial charge in [-0.15, -0.1) is 0 Å². The van der Waals surface area contributed by atoms with Crippen molar-refractivity contribution in [2.75, 3.05) is 6.26 Å². The van der Waals surface area contributed by atoms with Gasteiger partial charge in [0, 0.05) is 11.7 Å². The maximum absolute atomic E-state index is 11.8. The molecule has 0 spiro atoms. The van der Waals surface area contributed by atoms with Crippen LogP contribution in [0.15, 0.2) is 11.4 Å². The summed E-state index contributed by atoms with van der Waals surface area (Å²) >= 11 is 7.28. The molecule has 0 atom stereocenters. The summed E-state index contributed by atoms with van der Waals surface area (Å²) in [6.07, 6.45) is 3.29. The standard InChI is InChI=1S/C10H14ClN3OS/c1-10(2,3)14-8(15)6-5-12-9(16-4)13-7(6)11/h5H,1-4H3,(H,14,15). The molecule has 0 bridgehead atoms. The number of carbonyl (C=O) groups is 1. The highest BCUT2D eigenvalue weighted by Gasteiger charge is 2.18. The van der Waals surface area contributed by atoms with E-state index in [9.17, 15) is 4.79 Å². The first-order valence-electron chi connectivity index (χ1n) is 4.72. The lowest BCUT2D eigenvalue weighted by atomic mass is 10.1. The first kappa shape index (κ1) is 13.3. The van der Waals surface area contributed by atoms with Crippen molar-refractivity contribution in [3.05, 3.63) is 16.9 Å². The quantitative estimate of drug-likeness (QED) is 0.503. The van der Waals surface area contributed by atoms with Crippen LogP contribution in [-0.2, 0) is 0 Å². The summed E-state index contributed by atoms with van der Waals surface area (Å²) < 4.78 is 0. The van der Waals surface area contributed by atoms with Gasteiger partial charge in [0.1, 0.15) is 5.15 Å². The highest BCUT2D eigenvalue weighted by atomic mass is 35.5. The molecular weight excluding hydrogens is 246 g/mol. The van der Waals surface area contributed by atoms with Gasteiger partial charge in [-0.2, -0.15) is 0 Å². The molecule has 1 heterocycles. The minimum Gasteiger partial charge on any atom is -0.347 e. The van der Waals surface area contributed by atoms with Crippen LogP contribution in [0.25, 0.3) is 0 Å². The zero-order valence-corrected chi connectivity index (χ0v) is 11.2. The Morgan fingerprint density at radius 2 is 2.12 bits per heavy atom. The van der Waals surface area contributed by atoms with E-state index in [1.54, 1.807) is 0 Å². The fourth-order valence-electron chi connectivity index (χ4n) is 1.00. The Balaban J connectivity index is 2.93. The molecule has 1 aromatic rings. The molecule has 0 aliphatic rings. The summed E-state index contributed by atoms with van der Waals surface area (Å²) in [6, 6.07) is 0. The van der Waals surface area contributed by atoms with Crippen molar-refractivity contribution in [2.45, 2.75) is 31.5 Å². The van der Waals surface area contributed by atoms with Crippen molar-refractivity contribution in [3.8, 4) is 0 Å². The summed E-state index contributed by atoms with van der Waals surface area (Å²) in [5.74, 6) is -0.259. The van der Waals surface area contributed by atoms with E-state index in [4.69, 9.17) is 11.6 Å². The molecule has 16 heavy (non-hydrogen) atoms. The van der Waals surface area contributed by atoms with Crippen molar-refractivity contribution in [1.29, 1.82) is 0 Å². The molecule has 6 heteroatoms. The molecule has 88 valence electrons. The van der Waals surface area contributed by atoms with Crippen molar-refractivity contribution < 1.29 is 4.79 Å². The monoisotopic (exact) mass is 259 g/mol. The maximum atomic E-state index is 11.8. The van der Waals surface area contributed by atoms with Crippen molar-refractivity contribution in [1.82, 2.24) is 15.3 Å². The number of amides is 1. The zero-order chi connectivity index (χ0) is 12.3. The predicted molar refractivity (Wildman–Crippen MR) is 66.0 cm³/mol. The fraction of sp³-hybridized carbons (Fsp3) is 0.500. The Morgan fingerprint density at radius 1 is 1.50 bits per heavy atom. The third kappa shape index (κ3) is 3.64. The fourth-order valence-corrected chi connectivity index (χ4v) is 1.61. The molecule has 0 unspecified atom stereocenters. The molecular formula is C10H14ClN3OS. The van der Waals surface area contributed by atoms with Gasteiger partial charge in [-0.1, -0.05) is 23.4 Å². The highest BCUT2D eigenvalue weighted by Crippen LogP contribution is 2.17. The number of nitrogens with one attached hydrogen (secondary N) is 1. The SMILES string of the molecule is CSc1ncc(C(=O)NC(C)(C)C)c(Cl)n1. The van der Waals surface area contributed by atoms with E-state index in [-0.39, 0.29) is 16.6 Å². The molecule has 1 aromatic heterocycles. The normalized spacial score (nSPS) is 11.3. The van der Waals surface area contributed by atoms with Crippen LogP contribution in [0, 0.1) is 0 Å². The number of rotatable bonds is 2. The molecule has 1 N–H and O–H groups in total.